The maximum absolute atomic E-state index is 11.7. The van der Waals surface area contributed by atoms with E-state index in [1.165, 1.54) is 64.9 Å². The Bertz CT molecular complexity index is 293. The van der Waals surface area contributed by atoms with Gasteiger partial charge in [-0.1, -0.05) is 71.1 Å². The van der Waals surface area contributed by atoms with E-state index in [1.807, 2.05) is 0 Å². The molecule has 0 amide bonds. The van der Waals surface area contributed by atoms with E-state index < -0.39 is 6.10 Å². The van der Waals surface area contributed by atoms with Crippen LogP contribution in [0.5, 0.6) is 0 Å². The van der Waals surface area contributed by atoms with Crippen molar-refractivity contribution < 1.29 is 23.8 Å². The number of unbranched alkanes of at least 4 members (excludes halogenated alkanes) is 10. The molecule has 5 nitrogen and oxygen atoms in total. The van der Waals surface area contributed by atoms with Crippen molar-refractivity contribution in [2.24, 2.45) is 0 Å². The lowest BCUT2D eigenvalue weighted by atomic mass is 10.1. The molecule has 0 aliphatic heterocycles. The molecular formula is C19H36O5. The van der Waals surface area contributed by atoms with Crippen molar-refractivity contribution in [2.45, 2.75) is 90.1 Å². The summed E-state index contributed by atoms with van der Waals surface area (Å²) < 4.78 is 14.8. The summed E-state index contributed by atoms with van der Waals surface area (Å²) in [5.74, 6) is -0.248. The van der Waals surface area contributed by atoms with Crippen molar-refractivity contribution in [3.63, 3.8) is 0 Å². The Morgan fingerprint density at radius 2 is 1.42 bits per heavy atom. The largest absolute Gasteiger partial charge is 0.464 e. The topological polar surface area (TPSA) is 61.8 Å². The molecule has 0 heterocycles. The summed E-state index contributed by atoms with van der Waals surface area (Å²) in [6, 6.07) is 0. The quantitative estimate of drug-likeness (QED) is 0.209. The summed E-state index contributed by atoms with van der Waals surface area (Å²) in [5.41, 5.74) is 0. The third kappa shape index (κ3) is 15.8. The van der Waals surface area contributed by atoms with Crippen molar-refractivity contribution in [3.8, 4) is 0 Å². The first-order valence-corrected chi connectivity index (χ1v) is 9.48. The van der Waals surface area contributed by atoms with Gasteiger partial charge in [-0.2, -0.15) is 0 Å². The summed E-state index contributed by atoms with van der Waals surface area (Å²) in [5, 5.41) is 0. The molecule has 0 aliphatic carbocycles. The van der Waals surface area contributed by atoms with Crippen LogP contribution in [0.3, 0.4) is 0 Å². The summed E-state index contributed by atoms with van der Waals surface area (Å²) in [7, 11) is 1.52. The minimum atomic E-state index is -0.514. The van der Waals surface area contributed by atoms with Crippen LogP contribution in [0.4, 0.5) is 0 Å². The lowest BCUT2D eigenvalue weighted by Gasteiger charge is -2.15. The van der Waals surface area contributed by atoms with Crippen molar-refractivity contribution in [2.75, 3.05) is 20.3 Å². The van der Waals surface area contributed by atoms with Crippen LogP contribution in [0.2, 0.25) is 0 Å². The second-order valence-corrected chi connectivity index (χ2v) is 6.28. The number of rotatable bonds is 18. The summed E-state index contributed by atoms with van der Waals surface area (Å²) in [6.07, 6.45) is 13.7. The fourth-order valence-corrected chi connectivity index (χ4v) is 2.63. The van der Waals surface area contributed by atoms with E-state index in [4.69, 9.17) is 9.47 Å². The van der Waals surface area contributed by atoms with Gasteiger partial charge in [0.2, 0.25) is 0 Å². The van der Waals surface area contributed by atoms with Gasteiger partial charge in [0.1, 0.15) is 6.61 Å². The van der Waals surface area contributed by atoms with E-state index >= 15 is 0 Å². The molecular weight excluding hydrogens is 308 g/mol. The smallest absolute Gasteiger partial charge is 0.306 e. The van der Waals surface area contributed by atoms with E-state index in [0.29, 0.717) is 12.9 Å². The van der Waals surface area contributed by atoms with E-state index in [-0.39, 0.29) is 19.2 Å². The summed E-state index contributed by atoms with van der Waals surface area (Å²) in [4.78, 5) is 21.9. The van der Waals surface area contributed by atoms with Crippen LogP contribution >= 0.6 is 0 Å². The Morgan fingerprint density at radius 3 is 1.92 bits per heavy atom. The van der Waals surface area contributed by atoms with Gasteiger partial charge in [0.25, 0.3) is 6.47 Å². The molecule has 0 aromatic rings. The molecule has 24 heavy (non-hydrogen) atoms. The fourth-order valence-electron chi connectivity index (χ4n) is 2.63. The lowest BCUT2D eigenvalue weighted by molar-refractivity contribution is -0.157. The number of carbonyl (C=O) groups excluding carboxylic acids is 2. The van der Waals surface area contributed by atoms with Gasteiger partial charge in [0, 0.05) is 13.5 Å². The Morgan fingerprint density at radius 1 is 0.875 bits per heavy atom. The highest BCUT2D eigenvalue weighted by atomic mass is 16.6. The highest BCUT2D eigenvalue weighted by molar-refractivity contribution is 5.69. The first-order chi connectivity index (χ1) is 11.7. The molecule has 0 aromatic heterocycles. The Labute approximate surface area is 147 Å². The van der Waals surface area contributed by atoms with E-state index in [9.17, 15) is 9.59 Å². The minimum absolute atomic E-state index is 0.0430. The van der Waals surface area contributed by atoms with Crippen LogP contribution < -0.4 is 0 Å². The molecule has 0 aliphatic rings. The molecule has 0 rings (SSSR count). The zero-order valence-corrected chi connectivity index (χ0v) is 15.6. The van der Waals surface area contributed by atoms with Crippen LogP contribution in [0.15, 0.2) is 0 Å². The zero-order valence-electron chi connectivity index (χ0n) is 15.6. The summed E-state index contributed by atoms with van der Waals surface area (Å²) >= 11 is 0. The highest BCUT2D eigenvalue weighted by Crippen LogP contribution is 2.12. The van der Waals surface area contributed by atoms with Gasteiger partial charge in [-0.3, -0.25) is 9.59 Å². The van der Waals surface area contributed by atoms with Gasteiger partial charge in [-0.05, 0) is 6.42 Å². The molecule has 0 aromatic carbocycles. The maximum Gasteiger partial charge on any atom is 0.306 e. The first kappa shape index (κ1) is 22.9. The highest BCUT2D eigenvalue weighted by Gasteiger charge is 2.14. The van der Waals surface area contributed by atoms with Crippen molar-refractivity contribution >= 4 is 12.4 Å². The monoisotopic (exact) mass is 344 g/mol. The van der Waals surface area contributed by atoms with Crippen molar-refractivity contribution in [1.82, 2.24) is 0 Å². The van der Waals surface area contributed by atoms with Crippen LogP contribution in [0.25, 0.3) is 0 Å². The Hall–Kier alpha value is -1.10. The molecule has 0 saturated heterocycles. The molecule has 1 unspecified atom stereocenters. The number of carbonyl (C=O) groups is 2. The number of esters is 1. The maximum atomic E-state index is 11.7. The minimum Gasteiger partial charge on any atom is -0.464 e. The Balaban J connectivity index is 3.45. The predicted octanol–water partition coefficient (Wildman–Crippen LogP) is 4.42. The van der Waals surface area contributed by atoms with Crippen molar-refractivity contribution in [3.05, 3.63) is 0 Å². The first-order valence-electron chi connectivity index (χ1n) is 9.48. The van der Waals surface area contributed by atoms with E-state index in [0.717, 1.165) is 12.8 Å². The Kier molecular flexibility index (Phi) is 17.4. The fraction of sp³-hybridized carbons (Fsp3) is 0.895. The third-order valence-electron chi connectivity index (χ3n) is 3.99. The van der Waals surface area contributed by atoms with Crippen LogP contribution in [-0.4, -0.2) is 38.9 Å². The van der Waals surface area contributed by atoms with Gasteiger partial charge >= 0.3 is 5.97 Å². The van der Waals surface area contributed by atoms with Gasteiger partial charge in [-0.25, -0.2) is 0 Å². The summed E-state index contributed by atoms with van der Waals surface area (Å²) in [6.45, 7) is 2.87. The van der Waals surface area contributed by atoms with Gasteiger partial charge < -0.3 is 14.2 Å². The average molecular weight is 344 g/mol. The SMILES string of the molecule is CCCCCCCCCCCCCC(=O)OC(COC)COC=O. The van der Waals surface area contributed by atoms with E-state index in [1.54, 1.807) is 0 Å². The molecule has 0 N–H and O–H groups in total. The van der Waals surface area contributed by atoms with Crippen LogP contribution in [0, 0.1) is 0 Å². The third-order valence-corrected chi connectivity index (χ3v) is 3.99. The molecule has 0 fully saturated rings. The van der Waals surface area contributed by atoms with E-state index in [2.05, 4.69) is 11.7 Å². The molecule has 0 saturated carbocycles. The van der Waals surface area contributed by atoms with Gasteiger partial charge in [-0.15, -0.1) is 0 Å². The standard InChI is InChI=1S/C19H36O5/c1-3-4-5-6-7-8-9-10-11-12-13-14-19(21)24-18(15-22-2)16-23-17-20/h17-18H,3-16H2,1-2H3. The number of methoxy groups -OCH3 is 1. The van der Waals surface area contributed by atoms with Gasteiger partial charge in [0.05, 0.1) is 6.61 Å². The molecule has 5 heteroatoms. The molecule has 0 radical (unpaired) electrons. The molecule has 142 valence electrons. The zero-order chi connectivity index (χ0) is 17.9. The van der Waals surface area contributed by atoms with Gasteiger partial charge in [0.15, 0.2) is 6.10 Å². The normalized spacial score (nSPS) is 11.9. The molecule has 0 spiro atoms. The van der Waals surface area contributed by atoms with Crippen LogP contribution in [0.1, 0.15) is 84.0 Å². The predicted molar refractivity (Wildman–Crippen MR) is 94.9 cm³/mol. The molecule has 1 atom stereocenters. The van der Waals surface area contributed by atoms with Crippen molar-refractivity contribution in [1.29, 1.82) is 0 Å². The second kappa shape index (κ2) is 18.2. The lowest BCUT2D eigenvalue weighted by Crippen LogP contribution is -2.27. The van der Waals surface area contributed by atoms with Crippen LogP contribution in [-0.2, 0) is 23.8 Å². The molecule has 0 bridgehead atoms. The second-order valence-electron chi connectivity index (χ2n) is 6.28. The number of ether oxygens (including phenoxy) is 3. The average Bonchev–Trinajstić information content (AvgIpc) is 2.57. The number of hydrogen-bond donors (Lipinski definition) is 0. The number of hydrogen-bond acceptors (Lipinski definition) is 5.